The summed E-state index contributed by atoms with van der Waals surface area (Å²) in [5, 5.41) is 20.7. The van der Waals surface area contributed by atoms with Gasteiger partial charge in [0.05, 0.1) is 31.3 Å². The number of methoxy groups -OCH3 is 2. The molecule has 1 unspecified atom stereocenters. The van der Waals surface area contributed by atoms with E-state index >= 15 is 0 Å². The SMILES string of the molecule is COc1cc(N2CCC(O)C2)c([N+](=O)[O-])cc1OC. The molecule has 0 bridgehead atoms. The molecule has 1 N–H and O–H groups in total. The van der Waals surface area contributed by atoms with Gasteiger partial charge in [0.2, 0.25) is 0 Å². The van der Waals surface area contributed by atoms with Crippen molar-refractivity contribution >= 4 is 11.4 Å². The average Bonchev–Trinajstić information content (AvgIpc) is 2.83. The maximum Gasteiger partial charge on any atom is 0.296 e. The lowest BCUT2D eigenvalue weighted by molar-refractivity contribution is -0.384. The number of anilines is 1. The van der Waals surface area contributed by atoms with Gasteiger partial charge in [-0.15, -0.1) is 0 Å². The van der Waals surface area contributed by atoms with E-state index < -0.39 is 11.0 Å². The topological polar surface area (TPSA) is 85.1 Å². The van der Waals surface area contributed by atoms with Gasteiger partial charge in [-0.3, -0.25) is 10.1 Å². The zero-order chi connectivity index (χ0) is 14.0. The number of aliphatic hydroxyl groups excluding tert-OH is 1. The van der Waals surface area contributed by atoms with Gasteiger partial charge in [0, 0.05) is 19.2 Å². The van der Waals surface area contributed by atoms with Gasteiger partial charge in [-0.25, -0.2) is 0 Å². The van der Waals surface area contributed by atoms with Crippen molar-refractivity contribution in [3.8, 4) is 11.5 Å². The van der Waals surface area contributed by atoms with Crippen LogP contribution in [0, 0.1) is 10.1 Å². The van der Waals surface area contributed by atoms with Gasteiger partial charge >= 0.3 is 0 Å². The van der Waals surface area contributed by atoms with Gasteiger partial charge in [-0.2, -0.15) is 0 Å². The van der Waals surface area contributed by atoms with Crippen LogP contribution in [-0.2, 0) is 0 Å². The molecule has 0 saturated carbocycles. The molecular weight excluding hydrogens is 252 g/mol. The van der Waals surface area contributed by atoms with Crippen molar-refractivity contribution in [2.75, 3.05) is 32.2 Å². The maximum absolute atomic E-state index is 11.1. The van der Waals surface area contributed by atoms with Crippen LogP contribution in [0.5, 0.6) is 11.5 Å². The van der Waals surface area contributed by atoms with Crippen LogP contribution >= 0.6 is 0 Å². The van der Waals surface area contributed by atoms with E-state index in [-0.39, 0.29) is 5.69 Å². The Hall–Kier alpha value is -2.02. The van der Waals surface area contributed by atoms with Crippen molar-refractivity contribution in [1.29, 1.82) is 0 Å². The molecular formula is C12H16N2O5. The molecule has 1 aromatic rings. The minimum absolute atomic E-state index is 0.0493. The quantitative estimate of drug-likeness (QED) is 0.652. The number of nitrogens with zero attached hydrogens (tertiary/aromatic N) is 2. The Morgan fingerprint density at radius 3 is 2.47 bits per heavy atom. The minimum atomic E-state index is -0.456. The van der Waals surface area contributed by atoms with E-state index in [1.165, 1.54) is 20.3 Å². The van der Waals surface area contributed by atoms with E-state index in [0.29, 0.717) is 36.7 Å². The standard InChI is InChI=1S/C12H16N2O5/c1-18-11-5-9(13-4-3-8(15)7-13)10(14(16)17)6-12(11)19-2/h5-6,8,15H,3-4,7H2,1-2H3. The smallest absolute Gasteiger partial charge is 0.296 e. The highest BCUT2D eigenvalue weighted by molar-refractivity contribution is 5.70. The Morgan fingerprint density at radius 2 is 2.00 bits per heavy atom. The third kappa shape index (κ3) is 2.55. The van der Waals surface area contributed by atoms with Crippen LogP contribution in [0.1, 0.15) is 6.42 Å². The van der Waals surface area contributed by atoms with E-state index in [1.807, 2.05) is 0 Å². The summed E-state index contributed by atoms with van der Waals surface area (Å²) in [5.41, 5.74) is 0.394. The van der Waals surface area contributed by atoms with E-state index in [4.69, 9.17) is 9.47 Å². The first-order valence-electron chi connectivity index (χ1n) is 5.90. The van der Waals surface area contributed by atoms with Crippen LogP contribution in [0.4, 0.5) is 11.4 Å². The fourth-order valence-corrected chi connectivity index (χ4v) is 2.22. The maximum atomic E-state index is 11.1. The Kier molecular flexibility index (Phi) is 3.75. The molecule has 19 heavy (non-hydrogen) atoms. The first-order chi connectivity index (χ1) is 9.06. The number of nitro benzene ring substituents is 1. The minimum Gasteiger partial charge on any atom is -0.493 e. The molecule has 7 heteroatoms. The molecule has 1 aromatic carbocycles. The molecule has 0 aromatic heterocycles. The molecule has 0 aliphatic carbocycles. The highest BCUT2D eigenvalue weighted by atomic mass is 16.6. The lowest BCUT2D eigenvalue weighted by Crippen LogP contribution is -2.22. The molecule has 2 rings (SSSR count). The third-order valence-electron chi connectivity index (χ3n) is 3.18. The first-order valence-corrected chi connectivity index (χ1v) is 5.90. The van der Waals surface area contributed by atoms with Gasteiger partial charge in [-0.1, -0.05) is 0 Å². The van der Waals surface area contributed by atoms with E-state index in [9.17, 15) is 15.2 Å². The van der Waals surface area contributed by atoms with Gasteiger partial charge in [0.15, 0.2) is 11.5 Å². The van der Waals surface area contributed by atoms with E-state index in [2.05, 4.69) is 0 Å². The molecule has 1 aliphatic heterocycles. The average molecular weight is 268 g/mol. The van der Waals surface area contributed by atoms with Crippen molar-refractivity contribution in [3.05, 3.63) is 22.2 Å². The zero-order valence-corrected chi connectivity index (χ0v) is 10.8. The van der Waals surface area contributed by atoms with Crippen LogP contribution < -0.4 is 14.4 Å². The predicted molar refractivity (Wildman–Crippen MR) is 69.0 cm³/mol. The number of hydrogen-bond donors (Lipinski definition) is 1. The number of nitro groups is 1. The highest BCUT2D eigenvalue weighted by Gasteiger charge is 2.28. The summed E-state index contributed by atoms with van der Waals surface area (Å²) in [6.07, 6.45) is 0.151. The largest absolute Gasteiger partial charge is 0.493 e. The normalized spacial score (nSPS) is 18.5. The van der Waals surface area contributed by atoms with E-state index in [1.54, 1.807) is 11.0 Å². The van der Waals surface area contributed by atoms with Crippen LogP contribution in [-0.4, -0.2) is 43.4 Å². The molecule has 0 spiro atoms. The third-order valence-corrected chi connectivity index (χ3v) is 3.18. The predicted octanol–water partition coefficient (Wildman–Crippen LogP) is 1.18. The summed E-state index contributed by atoms with van der Waals surface area (Å²) in [5.74, 6) is 0.752. The Bertz CT molecular complexity index is 491. The summed E-state index contributed by atoms with van der Waals surface area (Å²) < 4.78 is 10.2. The molecule has 1 atom stereocenters. The molecule has 104 valence electrons. The van der Waals surface area contributed by atoms with Crippen molar-refractivity contribution in [2.45, 2.75) is 12.5 Å². The number of rotatable bonds is 4. The lowest BCUT2D eigenvalue weighted by atomic mass is 10.2. The summed E-state index contributed by atoms with van der Waals surface area (Å²) >= 11 is 0. The Morgan fingerprint density at radius 1 is 1.37 bits per heavy atom. The van der Waals surface area contributed by atoms with Crippen molar-refractivity contribution in [1.82, 2.24) is 0 Å². The van der Waals surface area contributed by atoms with Gasteiger partial charge < -0.3 is 19.5 Å². The van der Waals surface area contributed by atoms with Gasteiger partial charge in [-0.05, 0) is 6.42 Å². The summed E-state index contributed by atoms with van der Waals surface area (Å²) in [6, 6.07) is 2.92. The lowest BCUT2D eigenvalue weighted by Gasteiger charge is -2.19. The molecule has 0 amide bonds. The van der Waals surface area contributed by atoms with Crippen molar-refractivity contribution in [3.63, 3.8) is 0 Å². The van der Waals surface area contributed by atoms with Crippen LogP contribution in [0.3, 0.4) is 0 Å². The fourth-order valence-electron chi connectivity index (χ4n) is 2.22. The number of ether oxygens (including phenoxy) is 2. The van der Waals surface area contributed by atoms with Crippen molar-refractivity contribution in [2.24, 2.45) is 0 Å². The number of benzene rings is 1. The molecule has 0 radical (unpaired) electrons. The summed E-state index contributed by atoms with van der Waals surface area (Å²) in [6.45, 7) is 0.966. The van der Waals surface area contributed by atoms with Crippen LogP contribution in [0.2, 0.25) is 0 Å². The summed E-state index contributed by atoms with van der Waals surface area (Å²) in [4.78, 5) is 12.5. The van der Waals surface area contributed by atoms with Crippen molar-refractivity contribution < 1.29 is 19.5 Å². The van der Waals surface area contributed by atoms with E-state index in [0.717, 1.165) is 0 Å². The molecule has 7 nitrogen and oxygen atoms in total. The first kappa shape index (κ1) is 13.4. The summed E-state index contributed by atoms with van der Waals surface area (Å²) in [7, 11) is 2.91. The van der Waals surface area contributed by atoms with Gasteiger partial charge in [0.25, 0.3) is 5.69 Å². The van der Waals surface area contributed by atoms with Crippen LogP contribution in [0.15, 0.2) is 12.1 Å². The Labute approximate surface area is 110 Å². The fraction of sp³-hybridized carbons (Fsp3) is 0.500. The second kappa shape index (κ2) is 5.31. The molecule has 1 saturated heterocycles. The van der Waals surface area contributed by atoms with Crippen LogP contribution in [0.25, 0.3) is 0 Å². The number of β-amino-alcohol motifs (C(OH)–C–C–N with tert-alkyl or cyclic N) is 1. The monoisotopic (exact) mass is 268 g/mol. The number of hydrogen-bond acceptors (Lipinski definition) is 6. The number of aliphatic hydroxyl groups is 1. The highest BCUT2D eigenvalue weighted by Crippen LogP contribution is 2.40. The van der Waals surface area contributed by atoms with Gasteiger partial charge in [0.1, 0.15) is 5.69 Å². The second-order valence-corrected chi connectivity index (χ2v) is 4.34. The molecule has 1 heterocycles. The zero-order valence-electron chi connectivity index (χ0n) is 10.8. The molecule has 1 aliphatic rings. The Balaban J connectivity index is 2.48. The molecule has 1 fully saturated rings. The second-order valence-electron chi connectivity index (χ2n) is 4.34.